The van der Waals surface area contributed by atoms with Gasteiger partial charge in [0.25, 0.3) is 5.91 Å². The van der Waals surface area contributed by atoms with E-state index in [1.165, 1.54) is 0 Å². The number of hydrogen-bond acceptors (Lipinski definition) is 6. The molecule has 8 heteroatoms. The van der Waals surface area contributed by atoms with Crippen molar-refractivity contribution in [2.24, 2.45) is 4.99 Å². The van der Waals surface area contributed by atoms with Gasteiger partial charge in [-0.1, -0.05) is 12.1 Å². The van der Waals surface area contributed by atoms with Crippen LogP contribution in [0.3, 0.4) is 0 Å². The van der Waals surface area contributed by atoms with Gasteiger partial charge in [0.15, 0.2) is 11.6 Å². The Labute approximate surface area is 143 Å². The highest BCUT2D eigenvalue weighted by atomic mass is 16.1. The summed E-state index contributed by atoms with van der Waals surface area (Å²) in [6.07, 6.45) is 3.27. The van der Waals surface area contributed by atoms with E-state index < -0.39 is 0 Å². The predicted molar refractivity (Wildman–Crippen MR) is 95.4 cm³/mol. The van der Waals surface area contributed by atoms with Crippen molar-refractivity contribution in [3.63, 3.8) is 0 Å². The number of anilines is 1. The van der Waals surface area contributed by atoms with E-state index in [0.717, 1.165) is 30.0 Å². The number of rotatable bonds is 4. The molecular weight excluding hydrogens is 318 g/mol. The van der Waals surface area contributed by atoms with E-state index in [0.29, 0.717) is 23.4 Å². The van der Waals surface area contributed by atoms with E-state index in [2.05, 4.69) is 36.1 Å². The number of aromatic amines is 1. The van der Waals surface area contributed by atoms with Crippen molar-refractivity contribution in [1.29, 1.82) is 0 Å². The summed E-state index contributed by atoms with van der Waals surface area (Å²) in [6.45, 7) is 2.34. The highest BCUT2D eigenvalue weighted by Crippen LogP contribution is 2.19. The van der Waals surface area contributed by atoms with Gasteiger partial charge in [-0.05, 0) is 23.8 Å². The molecule has 126 valence electrons. The van der Waals surface area contributed by atoms with Gasteiger partial charge in [0.1, 0.15) is 0 Å². The van der Waals surface area contributed by atoms with Gasteiger partial charge >= 0.3 is 0 Å². The van der Waals surface area contributed by atoms with Gasteiger partial charge in [-0.15, -0.1) is 0 Å². The molecule has 2 aromatic heterocycles. The second-order valence-electron chi connectivity index (χ2n) is 5.65. The van der Waals surface area contributed by atoms with E-state index in [4.69, 9.17) is 0 Å². The van der Waals surface area contributed by atoms with E-state index in [-0.39, 0.29) is 5.91 Å². The molecule has 0 saturated carbocycles. The largest absolute Gasteiger partial charge is 0.355 e. The van der Waals surface area contributed by atoms with Crippen molar-refractivity contribution < 1.29 is 4.79 Å². The highest BCUT2D eigenvalue weighted by Gasteiger charge is 2.10. The molecule has 25 heavy (non-hydrogen) atoms. The van der Waals surface area contributed by atoms with Crippen LogP contribution in [0.4, 0.5) is 5.69 Å². The third-order valence-electron chi connectivity index (χ3n) is 3.95. The zero-order chi connectivity index (χ0) is 17.1. The summed E-state index contributed by atoms with van der Waals surface area (Å²) in [7, 11) is 0. The van der Waals surface area contributed by atoms with Gasteiger partial charge in [-0.3, -0.25) is 14.9 Å². The van der Waals surface area contributed by atoms with Crippen LogP contribution in [0, 0.1) is 0 Å². The summed E-state index contributed by atoms with van der Waals surface area (Å²) >= 11 is 0. The molecular formula is C17H17N7O. The van der Waals surface area contributed by atoms with Crippen LogP contribution in [-0.2, 0) is 6.54 Å². The Morgan fingerprint density at radius 3 is 2.88 bits per heavy atom. The van der Waals surface area contributed by atoms with Gasteiger partial charge in [-0.25, -0.2) is 4.98 Å². The number of nitrogens with one attached hydrogen (secondary N) is 4. The number of carbonyl (C=O) groups is 1. The molecule has 8 nitrogen and oxygen atoms in total. The second kappa shape index (κ2) is 6.60. The molecule has 1 amide bonds. The second-order valence-corrected chi connectivity index (χ2v) is 5.65. The summed E-state index contributed by atoms with van der Waals surface area (Å²) in [5.74, 6) is 0.652. The van der Waals surface area contributed by atoms with Crippen LogP contribution in [0.2, 0.25) is 0 Å². The first kappa shape index (κ1) is 15.1. The SMILES string of the molecule is O=C(Nc1ccnc2[nH]ncc12)c1ccc(CNC2=NCCN2)cc1. The van der Waals surface area contributed by atoms with Gasteiger partial charge in [0.05, 0.1) is 23.8 Å². The number of aliphatic imine (C=N–C) groups is 1. The lowest BCUT2D eigenvalue weighted by Crippen LogP contribution is -2.33. The van der Waals surface area contributed by atoms with Crippen LogP contribution in [0.5, 0.6) is 0 Å². The molecule has 1 aliphatic rings. The molecule has 4 rings (SSSR count). The summed E-state index contributed by atoms with van der Waals surface area (Å²) in [6, 6.07) is 9.23. The summed E-state index contributed by atoms with van der Waals surface area (Å²) in [5.41, 5.74) is 2.99. The Hall–Kier alpha value is -3.42. The summed E-state index contributed by atoms with van der Waals surface area (Å²) in [4.78, 5) is 20.9. The number of H-pyrrole nitrogens is 1. The zero-order valence-corrected chi connectivity index (χ0v) is 13.4. The Kier molecular flexibility index (Phi) is 3.99. The number of aromatic nitrogens is 3. The van der Waals surface area contributed by atoms with Crippen molar-refractivity contribution in [3.05, 3.63) is 53.9 Å². The summed E-state index contributed by atoms with van der Waals surface area (Å²) < 4.78 is 0. The molecule has 1 aromatic carbocycles. The Bertz CT molecular complexity index is 930. The number of carbonyl (C=O) groups excluding carboxylic acids is 1. The maximum Gasteiger partial charge on any atom is 0.255 e. The molecule has 4 N–H and O–H groups in total. The first-order valence-electron chi connectivity index (χ1n) is 8.00. The van der Waals surface area contributed by atoms with Crippen LogP contribution >= 0.6 is 0 Å². The Balaban J connectivity index is 1.42. The normalized spacial score (nSPS) is 13.4. The maximum absolute atomic E-state index is 12.5. The quantitative estimate of drug-likeness (QED) is 0.574. The first-order valence-corrected chi connectivity index (χ1v) is 8.00. The molecule has 0 spiro atoms. The number of nitrogens with zero attached hydrogens (tertiary/aromatic N) is 3. The van der Waals surface area contributed by atoms with Crippen molar-refractivity contribution in [1.82, 2.24) is 25.8 Å². The Morgan fingerprint density at radius 1 is 1.20 bits per heavy atom. The molecule has 0 radical (unpaired) electrons. The minimum atomic E-state index is -0.171. The van der Waals surface area contributed by atoms with Gasteiger partial charge < -0.3 is 16.0 Å². The Morgan fingerprint density at radius 2 is 2.08 bits per heavy atom. The number of benzene rings is 1. The fraction of sp³-hybridized carbons (Fsp3) is 0.176. The zero-order valence-electron chi connectivity index (χ0n) is 13.4. The lowest BCUT2D eigenvalue weighted by molar-refractivity contribution is 0.102. The lowest BCUT2D eigenvalue weighted by atomic mass is 10.1. The van der Waals surface area contributed by atoms with Crippen molar-refractivity contribution in [2.45, 2.75) is 6.54 Å². The van der Waals surface area contributed by atoms with Crippen LogP contribution in [0.1, 0.15) is 15.9 Å². The van der Waals surface area contributed by atoms with Crippen LogP contribution in [-0.4, -0.2) is 40.1 Å². The fourth-order valence-corrected chi connectivity index (χ4v) is 2.63. The molecule has 0 atom stereocenters. The van der Waals surface area contributed by atoms with Gasteiger partial charge in [-0.2, -0.15) is 5.10 Å². The van der Waals surface area contributed by atoms with E-state index in [9.17, 15) is 4.79 Å². The van der Waals surface area contributed by atoms with E-state index >= 15 is 0 Å². The lowest BCUT2D eigenvalue weighted by Gasteiger charge is -2.08. The van der Waals surface area contributed by atoms with Crippen LogP contribution in [0.15, 0.2) is 47.7 Å². The molecule has 0 bridgehead atoms. The number of hydrogen-bond donors (Lipinski definition) is 4. The maximum atomic E-state index is 12.5. The molecule has 1 aliphatic heterocycles. The molecule has 0 saturated heterocycles. The number of fused-ring (bicyclic) bond motifs is 1. The average molecular weight is 335 g/mol. The monoisotopic (exact) mass is 335 g/mol. The topological polar surface area (TPSA) is 107 Å². The average Bonchev–Trinajstić information content (AvgIpc) is 3.32. The number of amides is 1. The first-order chi connectivity index (χ1) is 12.3. The van der Waals surface area contributed by atoms with E-state index in [1.807, 2.05) is 24.3 Å². The fourth-order valence-electron chi connectivity index (χ4n) is 2.63. The number of pyridine rings is 1. The van der Waals surface area contributed by atoms with Crippen molar-refractivity contribution in [2.75, 3.05) is 18.4 Å². The van der Waals surface area contributed by atoms with Crippen molar-refractivity contribution >= 4 is 28.6 Å². The van der Waals surface area contributed by atoms with Gasteiger partial charge in [0, 0.05) is 24.8 Å². The smallest absolute Gasteiger partial charge is 0.255 e. The summed E-state index contributed by atoms with van der Waals surface area (Å²) in [5, 5.41) is 16.8. The molecule has 3 aromatic rings. The van der Waals surface area contributed by atoms with Crippen molar-refractivity contribution in [3.8, 4) is 0 Å². The minimum absolute atomic E-state index is 0.171. The van der Waals surface area contributed by atoms with Crippen LogP contribution in [0.25, 0.3) is 11.0 Å². The molecule has 0 aliphatic carbocycles. The molecule has 0 unspecified atom stereocenters. The van der Waals surface area contributed by atoms with Crippen LogP contribution < -0.4 is 16.0 Å². The highest BCUT2D eigenvalue weighted by molar-refractivity contribution is 6.08. The molecule has 0 fully saturated rings. The minimum Gasteiger partial charge on any atom is -0.355 e. The third-order valence-corrected chi connectivity index (χ3v) is 3.95. The van der Waals surface area contributed by atoms with Gasteiger partial charge in [0.2, 0.25) is 0 Å². The standard InChI is InChI=1S/C17H17N7O/c25-16(23-14-5-6-18-15-13(14)10-22-24-15)12-3-1-11(2-4-12)9-21-17-19-7-8-20-17/h1-6,10H,7-9H2,(H2,19,20,21)(H2,18,22,23,24,25). The number of guanidine groups is 1. The van der Waals surface area contributed by atoms with E-state index in [1.54, 1.807) is 18.5 Å². The third kappa shape index (κ3) is 3.27. The predicted octanol–water partition coefficient (Wildman–Crippen LogP) is 1.26. The molecule has 3 heterocycles.